The molecule has 1 N–H and O–H groups in total. The van der Waals surface area contributed by atoms with Gasteiger partial charge in [-0.1, -0.05) is 61.3 Å². The topological polar surface area (TPSA) is 65.8 Å². The Hall–Kier alpha value is -2.70. The van der Waals surface area contributed by atoms with Gasteiger partial charge in [0.25, 0.3) is 0 Å². The van der Waals surface area contributed by atoms with Gasteiger partial charge in [-0.15, -0.1) is 11.3 Å². The van der Waals surface area contributed by atoms with Gasteiger partial charge >= 0.3 is 5.97 Å². The molecule has 0 fully saturated rings. The molecule has 0 saturated carbocycles. The Morgan fingerprint density at radius 2 is 2.00 bits per heavy atom. The van der Waals surface area contributed by atoms with Crippen molar-refractivity contribution in [3.05, 3.63) is 70.1 Å². The molecular weight excluding hydrogens is 394 g/mol. The minimum absolute atomic E-state index is 0.220. The normalized spacial score (nSPS) is 11.1. The number of hydrazone groups is 1. The van der Waals surface area contributed by atoms with Crippen molar-refractivity contribution < 1.29 is 9.90 Å². The monoisotopic (exact) mass is 413 g/mol. The van der Waals surface area contributed by atoms with Gasteiger partial charge in [0.2, 0.25) is 5.13 Å². The third kappa shape index (κ3) is 4.77. The predicted molar refractivity (Wildman–Crippen MR) is 116 cm³/mol. The Balaban J connectivity index is 1.89. The van der Waals surface area contributed by atoms with Crippen molar-refractivity contribution in [2.75, 3.05) is 11.6 Å². The van der Waals surface area contributed by atoms with E-state index in [-0.39, 0.29) is 5.56 Å². The van der Waals surface area contributed by atoms with Crippen molar-refractivity contribution >= 4 is 40.3 Å². The molecule has 1 heterocycles. The number of hydrogen-bond donors (Lipinski definition) is 1. The van der Waals surface area contributed by atoms with Gasteiger partial charge in [0.15, 0.2) is 0 Å². The molecule has 5 nitrogen and oxygen atoms in total. The Kier molecular flexibility index (Phi) is 6.79. The van der Waals surface area contributed by atoms with Crippen LogP contribution in [-0.4, -0.2) is 28.8 Å². The Bertz CT molecular complexity index is 987. The summed E-state index contributed by atoms with van der Waals surface area (Å²) >= 11 is 7.77. The first-order valence-corrected chi connectivity index (χ1v) is 10.2. The van der Waals surface area contributed by atoms with Crippen LogP contribution in [0.15, 0.2) is 59.0 Å². The first kappa shape index (κ1) is 20.0. The van der Waals surface area contributed by atoms with E-state index in [1.54, 1.807) is 30.5 Å². The molecule has 0 atom stereocenters. The number of thiazole rings is 1. The molecule has 0 spiro atoms. The fourth-order valence-electron chi connectivity index (χ4n) is 2.62. The number of halogens is 1. The molecule has 0 amide bonds. The summed E-state index contributed by atoms with van der Waals surface area (Å²) in [6.45, 7) is 2.80. The molecule has 0 aliphatic carbocycles. The molecular formula is C21H20ClN3O2S. The average Bonchev–Trinajstić information content (AvgIpc) is 3.18. The van der Waals surface area contributed by atoms with Crippen molar-refractivity contribution in [1.82, 2.24) is 4.98 Å². The van der Waals surface area contributed by atoms with Crippen LogP contribution in [0.4, 0.5) is 5.13 Å². The third-order valence-electron chi connectivity index (χ3n) is 4.11. The van der Waals surface area contributed by atoms with E-state index in [1.165, 1.54) is 11.3 Å². The highest BCUT2D eigenvalue weighted by Crippen LogP contribution is 2.32. The van der Waals surface area contributed by atoms with Crippen LogP contribution < -0.4 is 5.01 Å². The van der Waals surface area contributed by atoms with Crippen molar-refractivity contribution in [3.8, 4) is 11.3 Å². The second-order valence-electron chi connectivity index (χ2n) is 6.11. The van der Waals surface area contributed by atoms with Crippen molar-refractivity contribution in [2.45, 2.75) is 19.8 Å². The van der Waals surface area contributed by atoms with Gasteiger partial charge in [-0.3, -0.25) is 0 Å². The predicted octanol–water partition coefficient (Wildman–Crippen LogP) is 5.80. The molecule has 7 heteroatoms. The number of benzene rings is 2. The summed E-state index contributed by atoms with van der Waals surface area (Å²) in [6.07, 6.45) is 3.54. The second kappa shape index (κ2) is 9.48. The van der Waals surface area contributed by atoms with Crippen LogP contribution in [0.3, 0.4) is 0 Å². The van der Waals surface area contributed by atoms with E-state index in [1.807, 2.05) is 34.7 Å². The molecule has 3 aromatic rings. The molecule has 0 radical (unpaired) electrons. The number of aromatic carboxylic acids is 1. The minimum Gasteiger partial charge on any atom is -0.478 e. The van der Waals surface area contributed by atoms with E-state index in [2.05, 4.69) is 12.0 Å². The fourth-order valence-corrected chi connectivity index (χ4v) is 3.66. The third-order valence-corrected chi connectivity index (χ3v) is 5.30. The van der Waals surface area contributed by atoms with Gasteiger partial charge < -0.3 is 5.11 Å². The zero-order valence-corrected chi connectivity index (χ0v) is 17.0. The fraction of sp³-hybridized carbons (Fsp3) is 0.190. The van der Waals surface area contributed by atoms with Crippen molar-refractivity contribution in [3.63, 3.8) is 0 Å². The Morgan fingerprint density at radius 1 is 1.25 bits per heavy atom. The van der Waals surface area contributed by atoms with E-state index >= 15 is 0 Å². The molecule has 0 aliphatic heterocycles. The summed E-state index contributed by atoms with van der Waals surface area (Å²) in [5.41, 5.74) is 2.45. The Labute approximate surface area is 172 Å². The number of aromatic nitrogens is 1. The van der Waals surface area contributed by atoms with Crippen LogP contribution in [0.1, 0.15) is 35.7 Å². The molecule has 144 valence electrons. The summed E-state index contributed by atoms with van der Waals surface area (Å²) in [7, 11) is 0. The molecule has 1 aromatic heterocycles. The first-order chi connectivity index (χ1) is 13.6. The standard InChI is InChI=1S/C21H20ClN3O2S/c1-2-3-12-25(23-13-15-8-4-5-9-16(15)20(26)27)21-24-19(14-28-21)17-10-6-7-11-18(17)22/h4-11,13-14H,2-3,12H2,1H3,(H,26,27). The van der Waals surface area contributed by atoms with E-state index in [0.29, 0.717) is 17.1 Å². The number of nitrogens with zero attached hydrogens (tertiary/aromatic N) is 3. The van der Waals surface area contributed by atoms with Crippen molar-refractivity contribution in [2.24, 2.45) is 5.10 Å². The molecule has 28 heavy (non-hydrogen) atoms. The number of rotatable bonds is 8. The maximum absolute atomic E-state index is 11.4. The molecule has 2 aromatic carbocycles. The highest BCUT2D eigenvalue weighted by molar-refractivity contribution is 7.14. The summed E-state index contributed by atoms with van der Waals surface area (Å²) in [4.78, 5) is 16.1. The number of unbranched alkanes of at least 4 members (excludes halogenated alkanes) is 1. The van der Waals surface area contributed by atoms with Crippen LogP contribution in [0.25, 0.3) is 11.3 Å². The number of carboxylic acid groups (broad SMARTS) is 1. The maximum atomic E-state index is 11.4. The number of hydrogen-bond acceptors (Lipinski definition) is 5. The molecule has 0 saturated heterocycles. The van der Waals surface area contributed by atoms with Crippen LogP contribution in [0.5, 0.6) is 0 Å². The van der Waals surface area contributed by atoms with E-state index in [9.17, 15) is 9.90 Å². The van der Waals surface area contributed by atoms with Crippen molar-refractivity contribution in [1.29, 1.82) is 0 Å². The number of carbonyl (C=O) groups is 1. The number of anilines is 1. The van der Waals surface area contributed by atoms with E-state index < -0.39 is 5.97 Å². The lowest BCUT2D eigenvalue weighted by atomic mass is 10.1. The molecule has 0 bridgehead atoms. The summed E-state index contributed by atoms with van der Waals surface area (Å²) in [5.74, 6) is -0.975. The lowest BCUT2D eigenvalue weighted by Gasteiger charge is -2.15. The van der Waals surface area contributed by atoms with Crippen LogP contribution in [0.2, 0.25) is 5.02 Å². The van der Waals surface area contributed by atoms with E-state index in [4.69, 9.17) is 16.6 Å². The van der Waals surface area contributed by atoms with Crippen LogP contribution in [-0.2, 0) is 0 Å². The van der Waals surface area contributed by atoms with Crippen LogP contribution >= 0.6 is 22.9 Å². The maximum Gasteiger partial charge on any atom is 0.336 e. The highest BCUT2D eigenvalue weighted by atomic mass is 35.5. The largest absolute Gasteiger partial charge is 0.478 e. The zero-order chi connectivity index (χ0) is 19.9. The van der Waals surface area contributed by atoms with Gasteiger partial charge in [-0.2, -0.15) is 5.10 Å². The zero-order valence-electron chi connectivity index (χ0n) is 15.4. The lowest BCUT2D eigenvalue weighted by Crippen LogP contribution is -2.18. The SMILES string of the molecule is CCCCN(N=Cc1ccccc1C(=O)O)c1nc(-c2ccccc2Cl)cs1. The quantitative estimate of drug-likeness (QED) is 0.374. The number of carboxylic acids is 1. The van der Waals surface area contributed by atoms with Gasteiger partial charge in [0.1, 0.15) is 0 Å². The van der Waals surface area contributed by atoms with E-state index in [0.717, 1.165) is 29.2 Å². The summed E-state index contributed by atoms with van der Waals surface area (Å²) < 4.78 is 0. The van der Waals surface area contributed by atoms with Crippen LogP contribution in [0, 0.1) is 0 Å². The van der Waals surface area contributed by atoms with Gasteiger partial charge in [-0.25, -0.2) is 14.8 Å². The summed E-state index contributed by atoms with van der Waals surface area (Å²) in [5, 5.41) is 19.0. The van der Waals surface area contributed by atoms with Gasteiger partial charge in [-0.05, 0) is 18.6 Å². The van der Waals surface area contributed by atoms with Gasteiger partial charge in [0, 0.05) is 28.1 Å². The minimum atomic E-state index is -0.975. The van der Waals surface area contributed by atoms with Gasteiger partial charge in [0.05, 0.1) is 17.5 Å². The smallest absolute Gasteiger partial charge is 0.336 e. The molecule has 0 aliphatic rings. The average molecular weight is 414 g/mol. The second-order valence-corrected chi connectivity index (χ2v) is 7.35. The molecule has 0 unspecified atom stereocenters. The Morgan fingerprint density at radius 3 is 2.75 bits per heavy atom. The first-order valence-electron chi connectivity index (χ1n) is 8.94. The molecule has 3 rings (SSSR count). The summed E-state index contributed by atoms with van der Waals surface area (Å²) in [6, 6.07) is 14.4. The highest BCUT2D eigenvalue weighted by Gasteiger charge is 2.13. The lowest BCUT2D eigenvalue weighted by molar-refractivity contribution is 0.0697.